The van der Waals surface area contributed by atoms with Crippen LogP contribution in [0, 0.1) is 11.7 Å². The molecule has 10 heteroatoms. The first-order valence-corrected chi connectivity index (χ1v) is 11.3. The van der Waals surface area contributed by atoms with Crippen LogP contribution in [0.25, 0.3) is 5.57 Å². The number of nitrogen functional groups attached to an aromatic ring is 1. The van der Waals surface area contributed by atoms with E-state index in [1.54, 1.807) is 30.1 Å². The number of benzene rings is 1. The average molecular weight is 488 g/mol. The van der Waals surface area contributed by atoms with Gasteiger partial charge in [0.25, 0.3) is 0 Å². The topological polar surface area (TPSA) is 119 Å². The molecule has 1 atom stereocenters. The van der Waals surface area contributed by atoms with E-state index in [1.807, 2.05) is 6.92 Å². The van der Waals surface area contributed by atoms with E-state index in [4.69, 9.17) is 10.5 Å². The number of carbonyl (C=O) groups excluding carboxylic acids is 1. The van der Waals surface area contributed by atoms with Crippen LogP contribution in [0.5, 0.6) is 11.8 Å². The number of likely N-dealkylation sites (tertiary alicyclic amines) is 1. The van der Waals surface area contributed by atoms with Gasteiger partial charge in [0, 0.05) is 44.2 Å². The summed E-state index contributed by atoms with van der Waals surface area (Å²) >= 11 is 0. The second-order valence-corrected chi connectivity index (χ2v) is 8.22. The van der Waals surface area contributed by atoms with E-state index in [0.29, 0.717) is 30.1 Å². The standard InChI is InChI=1S/C26H26FN7O2/c1-4-21(35)34-11-8-17(14-34)12-16(2)23-22(25(28)33-15-32-23)24(29-3)19-7-6-18(13-20(19)27)36-26-30-9-5-10-31-26/h4-7,9-10,12-13,15,17H,1,8,11,14H2,2-3H3,(H2,28,32,33)/b16-12-,29-24?. The molecule has 1 unspecified atom stereocenters. The molecule has 184 valence electrons. The molecule has 3 aromatic rings. The van der Waals surface area contributed by atoms with Crippen LogP contribution in [0.1, 0.15) is 30.2 Å². The van der Waals surface area contributed by atoms with Crippen molar-refractivity contribution in [2.75, 3.05) is 25.9 Å². The quantitative estimate of drug-likeness (QED) is 0.399. The lowest BCUT2D eigenvalue weighted by atomic mass is 9.95. The lowest BCUT2D eigenvalue weighted by molar-refractivity contribution is -0.125. The molecule has 1 fully saturated rings. The summed E-state index contributed by atoms with van der Waals surface area (Å²) in [6.45, 7) is 6.71. The summed E-state index contributed by atoms with van der Waals surface area (Å²) in [5, 5.41) is 0. The van der Waals surface area contributed by atoms with Crippen molar-refractivity contribution in [2.24, 2.45) is 10.9 Å². The minimum absolute atomic E-state index is 0.0855. The Bertz CT molecular complexity index is 1340. The zero-order chi connectivity index (χ0) is 25.7. The van der Waals surface area contributed by atoms with Crippen LogP contribution in [-0.4, -0.2) is 56.6 Å². The van der Waals surface area contributed by atoms with Crippen LogP contribution in [0.15, 0.2) is 66.7 Å². The maximum atomic E-state index is 15.3. The number of nitrogens with zero attached hydrogens (tertiary/aromatic N) is 6. The minimum Gasteiger partial charge on any atom is -0.424 e. The predicted molar refractivity (Wildman–Crippen MR) is 135 cm³/mol. The Balaban J connectivity index is 1.65. The van der Waals surface area contributed by atoms with Gasteiger partial charge in [0.2, 0.25) is 5.91 Å². The van der Waals surface area contributed by atoms with Gasteiger partial charge >= 0.3 is 6.01 Å². The maximum Gasteiger partial charge on any atom is 0.321 e. The Hall–Kier alpha value is -4.47. The lowest BCUT2D eigenvalue weighted by Crippen LogP contribution is -2.26. The Morgan fingerprint density at radius 1 is 1.28 bits per heavy atom. The summed E-state index contributed by atoms with van der Waals surface area (Å²) in [4.78, 5) is 34.6. The highest BCUT2D eigenvalue weighted by molar-refractivity contribution is 6.17. The Morgan fingerprint density at radius 3 is 2.75 bits per heavy atom. The number of halogens is 1. The number of anilines is 1. The van der Waals surface area contributed by atoms with E-state index in [1.165, 1.54) is 30.9 Å². The number of rotatable bonds is 7. The molecule has 0 radical (unpaired) electrons. The smallest absolute Gasteiger partial charge is 0.321 e. The number of aromatic nitrogens is 4. The van der Waals surface area contributed by atoms with Crippen molar-refractivity contribution in [1.29, 1.82) is 0 Å². The number of nitrogens with two attached hydrogens (primary N) is 1. The Labute approximate surface area is 208 Å². The van der Waals surface area contributed by atoms with E-state index in [9.17, 15) is 4.79 Å². The van der Waals surface area contributed by atoms with Crippen LogP contribution in [0.2, 0.25) is 0 Å². The first kappa shape index (κ1) is 24.6. The van der Waals surface area contributed by atoms with Gasteiger partial charge < -0.3 is 15.4 Å². The molecular weight excluding hydrogens is 461 g/mol. The van der Waals surface area contributed by atoms with E-state index in [-0.39, 0.29) is 35.0 Å². The van der Waals surface area contributed by atoms with Gasteiger partial charge in [0.1, 0.15) is 23.7 Å². The molecule has 36 heavy (non-hydrogen) atoms. The highest BCUT2D eigenvalue weighted by atomic mass is 19.1. The van der Waals surface area contributed by atoms with Gasteiger partial charge in [-0.1, -0.05) is 12.7 Å². The second kappa shape index (κ2) is 10.9. The SMILES string of the molecule is C=CC(=O)N1CCC(/C=C(/C)c2ncnc(N)c2C(=NC)c2ccc(Oc3ncccn3)cc2F)C1. The highest BCUT2D eigenvalue weighted by Crippen LogP contribution is 2.29. The summed E-state index contributed by atoms with van der Waals surface area (Å²) in [6, 6.07) is 6.17. The van der Waals surface area contributed by atoms with Crippen LogP contribution in [0.3, 0.4) is 0 Å². The van der Waals surface area contributed by atoms with Crippen LogP contribution in [-0.2, 0) is 4.79 Å². The Kier molecular flexibility index (Phi) is 7.43. The third-order valence-corrected chi connectivity index (χ3v) is 5.85. The van der Waals surface area contributed by atoms with Gasteiger partial charge in [-0.2, -0.15) is 0 Å². The molecule has 9 nitrogen and oxygen atoms in total. The first-order chi connectivity index (χ1) is 17.4. The van der Waals surface area contributed by atoms with E-state index < -0.39 is 5.82 Å². The minimum atomic E-state index is -0.561. The summed E-state index contributed by atoms with van der Waals surface area (Å²) in [5.41, 5.74) is 8.61. The van der Waals surface area contributed by atoms with Crippen LogP contribution >= 0.6 is 0 Å². The predicted octanol–water partition coefficient (Wildman–Crippen LogP) is 3.69. The third-order valence-electron chi connectivity index (χ3n) is 5.85. The van der Waals surface area contributed by atoms with Crippen LogP contribution < -0.4 is 10.5 Å². The van der Waals surface area contributed by atoms with Crippen molar-refractivity contribution < 1.29 is 13.9 Å². The summed E-state index contributed by atoms with van der Waals surface area (Å²) < 4.78 is 20.8. The second-order valence-electron chi connectivity index (χ2n) is 8.22. The fraction of sp³-hybridized carbons (Fsp3) is 0.231. The van der Waals surface area contributed by atoms with E-state index in [2.05, 4.69) is 37.6 Å². The fourth-order valence-corrected chi connectivity index (χ4v) is 4.18. The van der Waals surface area contributed by atoms with Gasteiger partial charge in [-0.05, 0) is 49.1 Å². The molecule has 0 bridgehead atoms. The summed E-state index contributed by atoms with van der Waals surface area (Å²) in [5.74, 6) is -0.0767. The number of hydrogen-bond acceptors (Lipinski definition) is 8. The van der Waals surface area contributed by atoms with Gasteiger partial charge in [-0.15, -0.1) is 0 Å². The Morgan fingerprint density at radius 2 is 2.06 bits per heavy atom. The average Bonchev–Trinajstić information content (AvgIpc) is 3.35. The first-order valence-electron chi connectivity index (χ1n) is 11.3. The van der Waals surface area contributed by atoms with Crippen molar-refractivity contribution in [1.82, 2.24) is 24.8 Å². The molecule has 2 N–H and O–H groups in total. The number of carbonyl (C=O) groups is 1. The van der Waals surface area contributed by atoms with Crippen molar-refractivity contribution in [3.63, 3.8) is 0 Å². The number of amides is 1. The van der Waals surface area contributed by atoms with Crippen LogP contribution in [0.4, 0.5) is 10.2 Å². The van der Waals surface area contributed by atoms with E-state index in [0.717, 1.165) is 12.0 Å². The van der Waals surface area contributed by atoms with E-state index >= 15 is 4.39 Å². The number of allylic oxidation sites excluding steroid dienone is 1. The molecule has 0 spiro atoms. The summed E-state index contributed by atoms with van der Waals surface area (Å²) in [7, 11) is 1.56. The van der Waals surface area contributed by atoms with Gasteiger partial charge in [0.15, 0.2) is 0 Å². The monoisotopic (exact) mass is 487 g/mol. The van der Waals surface area contributed by atoms with Gasteiger partial charge in [-0.3, -0.25) is 9.79 Å². The zero-order valence-corrected chi connectivity index (χ0v) is 20.1. The molecule has 1 amide bonds. The zero-order valence-electron chi connectivity index (χ0n) is 20.1. The van der Waals surface area contributed by atoms with Crippen molar-refractivity contribution in [3.8, 4) is 11.8 Å². The normalized spacial score (nSPS) is 16.2. The number of hydrogen-bond donors (Lipinski definition) is 1. The molecule has 0 aliphatic carbocycles. The van der Waals surface area contributed by atoms with Gasteiger partial charge in [-0.25, -0.2) is 24.3 Å². The lowest BCUT2D eigenvalue weighted by Gasteiger charge is -2.16. The van der Waals surface area contributed by atoms with Crippen molar-refractivity contribution >= 4 is 23.0 Å². The molecular formula is C26H26FN7O2. The molecule has 1 aromatic carbocycles. The van der Waals surface area contributed by atoms with Gasteiger partial charge in [0.05, 0.1) is 17.0 Å². The third kappa shape index (κ3) is 5.27. The molecule has 2 aromatic heterocycles. The molecule has 4 rings (SSSR count). The molecule has 1 aliphatic heterocycles. The van der Waals surface area contributed by atoms with Crippen molar-refractivity contribution in [2.45, 2.75) is 13.3 Å². The fourth-order valence-electron chi connectivity index (χ4n) is 4.18. The number of aliphatic imine (C=N–C) groups is 1. The molecule has 1 saturated heterocycles. The number of ether oxygens (including phenoxy) is 1. The highest BCUT2D eigenvalue weighted by Gasteiger charge is 2.25. The largest absolute Gasteiger partial charge is 0.424 e. The maximum absolute atomic E-state index is 15.3. The molecule has 0 saturated carbocycles. The molecule has 1 aliphatic rings. The van der Waals surface area contributed by atoms with Crippen molar-refractivity contribution in [3.05, 3.63) is 84.4 Å². The summed E-state index contributed by atoms with van der Waals surface area (Å²) in [6.07, 6.45) is 8.64. The molecule has 3 heterocycles.